The molecule has 0 unspecified atom stereocenters. The maximum absolute atomic E-state index is 12.6. The van der Waals surface area contributed by atoms with E-state index in [1.54, 1.807) is 0 Å². The molecule has 0 N–H and O–H groups in total. The monoisotopic (exact) mass is 417 g/mol. The Hall–Kier alpha value is -0.840. The van der Waals surface area contributed by atoms with Gasteiger partial charge < -0.3 is 4.57 Å². The molecule has 3 rings (SSSR count). The largest absolute Gasteiger partial charge is 0.344 e. The smallest absolute Gasteiger partial charge is 0.175 e. The molecule has 3 heterocycles. The van der Waals surface area contributed by atoms with Crippen molar-refractivity contribution < 1.29 is 13.2 Å². The van der Waals surface area contributed by atoms with Crippen molar-refractivity contribution in [3.8, 4) is 0 Å². The van der Waals surface area contributed by atoms with Crippen LogP contribution in [0.1, 0.15) is 34.2 Å². The molecule has 1 fully saturated rings. The summed E-state index contributed by atoms with van der Waals surface area (Å²) in [6.45, 7) is 3.82. The van der Waals surface area contributed by atoms with Gasteiger partial charge in [0.15, 0.2) is 24.3 Å². The van der Waals surface area contributed by atoms with E-state index in [2.05, 4.69) is 10.2 Å². The molecule has 0 aromatic carbocycles. The van der Waals surface area contributed by atoms with Gasteiger partial charge in [-0.05, 0) is 32.6 Å². The van der Waals surface area contributed by atoms with Crippen molar-refractivity contribution >= 4 is 50.5 Å². The minimum Gasteiger partial charge on any atom is -0.344 e. The van der Waals surface area contributed by atoms with Crippen LogP contribution >= 0.6 is 34.9 Å². The summed E-state index contributed by atoms with van der Waals surface area (Å²) in [5.41, 5.74) is 2.46. The Morgan fingerprint density at radius 2 is 2.08 bits per heavy atom. The summed E-state index contributed by atoms with van der Waals surface area (Å²) in [6.07, 6.45) is 2.56. The number of hydrogen-bond acceptors (Lipinski definition) is 8. The predicted molar refractivity (Wildman–Crippen MR) is 103 cm³/mol. The van der Waals surface area contributed by atoms with E-state index in [1.165, 1.54) is 34.9 Å². The fourth-order valence-corrected chi connectivity index (χ4v) is 7.16. The van der Waals surface area contributed by atoms with E-state index < -0.39 is 9.84 Å². The summed E-state index contributed by atoms with van der Waals surface area (Å²) in [7, 11) is -2.96. The van der Waals surface area contributed by atoms with Crippen LogP contribution in [0.4, 0.5) is 0 Å². The zero-order valence-electron chi connectivity index (χ0n) is 14.2. The van der Waals surface area contributed by atoms with Gasteiger partial charge in [0.2, 0.25) is 0 Å². The molecule has 0 spiro atoms. The van der Waals surface area contributed by atoms with Gasteiger partial charge in [0, 0.05) is 23.0 Å². The molecule has 0 saturated carbocycles. The lowest BCUT2D eigenvalue weighted by molar-refractivity contribution is 0.102. The first-order valence-corrected chi connectivity index (χ1v) is 12.6. The second-order valence-electron chi connectivity index (χ2n) is 5.96. The molecule has 2 aromatic heterocycles. The topological polar surface area (TPSA) is 81.9 Å². The maximum atomic E-state index is 12.6. The van der Waals surface area contributed by atoms with Crippen LogP contribution in [0.2, 0.25) is 0 Å². The molecule has 0 amide bonds. The number of ketones is 1. The molecule has 136 valence electrons. The predicted octanol–water partition coefficient (Wildman–Crippen LogP) is 3.01. The van der Waals surface area contributed by atoms with E-state index in [0.29, 0.717) is 17.7 Å². The highest BCUT2D eigenvalue weighted by atomic mass is 32.2. The van der Waals surface area contributed by atoms with Gasteiger partial charge in [-0.1, -0.05) is 34.9 Å². The third-order valence-electron chi connectivity index (χ3n) is 4.25. The Morgan fingerprint density at radius 3 is 2.68 bits per heavy atom. The molecular weight excluding hydrogens is 398 g/mol. The van der Waals surface area contributed by atoms with Crippen molar-refractivity contribution in [2.24, 2.45) is 0 Å². The number of aromatic nitrogens is 3. The normalized spacial score (nSPS) is 19.4. The average molecular weight is 418 g/mol. The van der Waals surface area contributed by atoms with Crippen LogP contribution in [0.15, 0.2) is 14.7 Å². The minimum absolute atomic E-state index is 0.0334. The van der Waals surface area contributed by atoms with Crippen LogP contribution in [0.3, 0.4) is 0 Å². The Labute approximate surface area is 159 Å². The van der Waals surface area contributed by atoms with Crippen molar-refractivity contribution in [3.63, 3.8) is 0 Å². The van der Waals surface area contributed by atoms with E-state index in [-0.39, 0.29) is 23.3 Å². The standard InChI is InChI=1S/C15H19N3O3S4/c1-9-6-12(10(2)18(9)11-4-5-25(20,21)8-11)13(19)7-23-15-17-16-14(22-3)24-15/h6,11H,4-5,7-8H2,1-3H3/t11-/m0/s1. The molecule has 10 heteroatoms. The van der Waals surface area contributed by atoms with Crippen molar-refractivity contribution in [1.82, 2.24) is 14.8 Å². The van der Waals surface area contributed by atoms with Crippen LogP contribution in [-0.2, 0) is 9.84 Å². The van der Waals surface area contributed by atoms with Crippen LogP contribution in [-0.4, -0.2) is 52.5 Å². The number of sulfone groups is 1. The van der Waals surface area contributed by atoms with Gasteiger partial charge in [0.05, 0.1) is 17.3 Å². The quantitative estimate of drug-likeness (QED) is 0.528. The number of aryl methyl sites for hydroxylation is 1. The van der Waals surface area contributed by atoms with Gasteiger partial charge in [0.25, 0.3) is 0 Å². The highest BCUT2D eigenvalue weighted by Crippen LogP contribution is 2.31. The summed E-state index contributed by atoms with van der Waals surface area (Å²) in [5.74, 6) is 0.721. The van der Waals surface area contributed by atoms with E-state index >= 15 is 0 Å². The number of carbonyl (C=O) groups excluding carboxylic acids is 1. The molecule has 0 bridgehead atoms. The van der Waals surface area contributed by atoms with Crippen LogP contribution in [0, 0.1) is 13.8 Å². The molecule has 1 aliphatic heterocycles. The number of hydrogen-bond donors (Lipinski definition) is 0. The fraction of sp³-hybridized carbons (Fsp3) is 0.533. The van der Waals surface area contributed by atoms with Gasteiger partial charge in [-0.2, -0.15) is 0 Å². The molecular formula is C15H19N3O3S4. The number of rotatable bonds is 6. The van der Waals surface area contributed by atoms with Gasteiger partial charge in [0.1, 0.15) is 0 Å². The Morgan fingerprint density at radius 1 is 1.36 bits per heavy atom. The van der Waals surface area contributed by atoms with E-state index in [4.69, 9.17) is 0 Å². The molecule has 0 aliphatic carbocycles. The molecule has 1 atom stereocenters. The highest BCUT2D eigenvalue weighted by Gasteiger charge is 2.31. The summed E-state index contributed by atoms with van der Waals surface area (Å²) < 4.78 is 27.2. The van der Waals surface area contributed by atoms with Crippen molar-refractivity contribution in [2.45, 2.75) is 35.0 Å². The Bertz CT molecular complexity index is 901. The molecule has 1 aliphatic rings. The summed E-state index contributed by atoms with van der Waals surface area (Å²) >= 11 is 4.41. The summed E-state index contributed by atoms with van der Waals surface area (Å²) in [6, 6.07) is 1.81. The lowest BCUT2D eigenvalue weighted by Crippen LogP contribution is -2.14. The second-order valence-corrected chi connectivity index (χ2v) is 11.4. The Kier molecular flexibility index (Phi) is 5.62. The first-order chi connectivity index (χ1) is 11.8. The van der Waals surface area contributed by atoms with Gasteiger partial charge >= 0.3 is 0 Å². The number of Topliss-reactive ketones (excluding diaryl/α,β-unsaturated/α-hetero) is 1. The van der Waals surface area contributed by atoms with E-state index in [0.717, 1.165) is 20.1 Å². The molecule has 0 radical (unpaired) electrons. The zero-order chi connectivity index (χ0) is 18.2. The third kappa shape index (κ3) is 4.12. The molecule has 6 nitrogen and oxygen atoms in total. The van der Waals surface area contributed by atoms with Crippen molar-refractivity contribution in [2.75, 3.05) is 23.5 Å². The van der Waals surface area contributed by atoms with Crippen LogP contribution in [0.5, 0.6) is 0 Å². The third-order valence-corrected chi connectivity index (χ3v) is 9.03. The average Bonchev–Trinajstić information content (AvgIpc) is 3.23. The molecule has 25 heavy (non-hydrogen) atoms. The first-order valence-electron chi connectivity index (χ1n) is 7.73. The van der Waals surface area contributed by atoms with Crippen LogP contribution in [0.25, 0.3) is 0 Å². The summed E-state index contributed by atoms with van der Waals surface area (Å²) in [4.78, 5) is 12.6. The van der Waals surface area contributed by atoms with Crippen molar-refractivity contribution in [3.05, 3.63) is 23.0 Å². The van der Waals surface area contributed by atoms with Crippen molar-refractivity contribution in [1.29, 1.82) is 0 Å². The van der Waals surface area contributed by atoms with Crippen LogP contribution < -0.4 is 0 Å². The van der Waals surface area contributed by atoms with E-state index in [9.17, 15) is 13.2 Å². The molecule has 2 aromatic rings. The fourth-order valence-electron chi connectivity index (χ4n) is 3.14. The Balaban J connectivity index is 1.74. The molecule has 1 saturated heterocycles. The van der Waals surface area contributed by atoms with Gasteiger partial charge in [-0.15, -0.1) is 10.2 Å². The SMILES string of the molecule is CSc1nnc(SCC(=O)c2cc(C)n([C@H]3CCS(=O)(=O)C3)c2C)s1. The lowest BCUT2D eigenvalue weighted by atomic mass is 10.2. The van der Waals surface area contributed by atoms with Gasteiger partial charge in [-0.3, -0.25) is 4.79 Å². The lowest BCUT2D eigenvalue weighted by Gasteiger charge is -2.16. The number of carbonyl (C=O) groups is 1. The maximum Gasteiger partial charge on any atom is 0.175 e. The second kappa shape index (κ2) is 7.42. The van der Waals surface area contributed by atoms with E-state index in [1.807, 2.05) is 30.7 Å². The number of thioether (sulfide) groups is 2. The first kappa shape index (κ1) is 18.9. The zero-order valence-corrected chi connectivity index (χ0v) is 17.4. The highest BCUT2D eigenvalue weighted by molar-refractivity contribution is 8.03. The number of nitrogens with zero attached hydrogens (tertiary/aromatic N) is 3. The van der Waals surface area contributed by atoms with Gasteiger partial charge in [-0.25, -0.2) is 8.42 Å². The minimum atomic E-state index is -2.96. The summed E-state index contributed by atoms with van der Waals surface area (Å²) in [5, 5.41) is 8.09.